The van der Waals surface area contributed by atoms with Gasteiger partial charge in [0, 0.05) is 28.4 Å². The molecule has 33 heavy (non-hydrogen) atoms. The van der Waals surface area contributed by atoms with Crippen LogP contribution < -0.4 is 15.4 Å². The van der Waals surface area contributed by atoms with E-state index in [1.54, 1.807) is 42.5 Å². The maximum Gasteiger partial charge on any atom is 0.272 e. The molecule has 0 aromatic heterocycles. The molecule has 0 heterocycles. The molecule has 3 aromatic rings. The number of nitro benzene ring substituents is 1. The number of ether oxygens (including phenoxy) is 1. The fourth-order valence-electron chi connectivity index (χ4n) is 2.75. The average molecular weight is 531 g/mol. The van der Waals surface area contributed by atoms with Crippen LogP contribution in [-0.4, -0.2) is 23.8 Å². The SMILES string of the molecule is COc1ccc(C(=O)NC(=Cc2ccc([N+](=O)[O-])cc2)C(=O)Nc2ccc(Cl)cc2)cc1Br. The van der Waals surface area contributed by atoms with Gasteiger partial charge in [-0.2, -0.15) is 0 Å². The third-order valence-electron chi connectivity index (χ3n) is 4.42. The summed E-state index contributed by atoms with van der Waals surface area (Å²) in [5.41, 5.74) is 1.09. The number of hydrogen-bond donors (Lipinski definition) is 2. The summed E-state index contributed by atoms with van der Waals surface area (Å²) in [6, 6.07) is 16.8. The first-order chi connectivity index (χ1) is 15.8. The first-order valence-corrected chi connectivity index (χ1v) is 10.6. The van der Waals surface area contributed by atoms with Crippen molar-refractivity contribution < 1.29 is 19.2 Å². The van der Waals surface area contributed by atoms with Crippen molar-refractivity contribution in [3.8, 4) is 5.75 Å². The quantitative estimate of drug-likeness (QED) is 0.240. The topological polar surface area (TPSA) is 111 Å². The Morgan fingerprint density at radius 3 is 2.30 bits per heavy atom. The van der Waals surface area contributed by atoms with E-state index in [0.717, 1.165) is 0 Å². The number of halogens is 2. The van der Waals surface area contributed by atoms with Crippen LogP contribution in [0.25, 0.3) is 6.08 Å². The second-order valence-electron chi connectivity index (χ2n) is 6.67. The Balaban J connectivity index is 1.90. The van der Waals surface area contributed by atoms with E-state index in [1.165, 1.54) is 37.5 Å². The molecule has 168 valence electrons. The lowest BCUT2D eigenvalue weighted by atomic mass is 10.1. The summed E-state index contributed by atoms with van der Waals surface area (Å²) in [5, 5.41) is 16.7. The van der Waals surface area contributed by atoms with Crippen molar-refractivity contribution >= 4 is 56.8 Å². The number of rotatable bonds is 7. The molecule has 0 radical (unpaired) electrons. The largest absolute Gasteiger partial charge is 0.496 e. The van der Waals surface area contributed by atoms with Crippen molar-refractivity contribution in [2.45, 2.75) is 0 Å². The molecule has 0 aliphatic heterocycles. The van der Waals surface area contributed by atoms with Gasteiger partial charge in [-0.1, -0.05) is 11.6 Å². The van der Waals surface area contributed by atoms with Gasteiger partial charge in [-0.05, 0) is 82.2 Å². The fourth-order valence-corrected chi connectivity index (χ4v) is 3.42. The Labute approximate surface area is 202 Å². The molecule has 0 unspecified atom stereocenters. The number of nitrogens with zero attached hydrogens (tertiary/aromatic N) is 1. The summed E-state index contributed by atoms with van der Waals surface area (Å²) < 4.78 is 5.74. The number of non-ortho nitro benzene ring substituents is 1. The van der Waals surface area contributed by atoms with E-state index in [2.05, 4.69) is 26.6 Å². The molecule has 2 N–H and O–H groups in total. The van der Waals surface area contributed by atoms with Crippen LogP contribution in [0.15, 0.2) is 76.9 Å². The number of carbonyl (C=O) groups is 2. The van der Waals surface area contributed by atoms with Gasteiger partial charge < -0.3 is 15.4 Å². The van der Waals surface area contributed by atoms with Gasteiger partial charge in [0.15, 0.2) is 0 Å². The smallest absolute Gasteiger partial charge is 0.272 e. The highest BCUT2D eigenvalue weighted by Gasteiger charge is 2.16. The highest BCUT2D eigenvalue weighted by atomic mass is 79.9. The van der Waals surface area contributed by atoms with E-state index in [9.17, 15) is 19.7 Å². The number of nitrogens with one attached hydrogen (secondary N) is 2. The van der Waals surface area contributed by atoms with Gasteiger partial charge in [0.05, 0.1) is 16.5 Å². The molecule has 0 saturated heterocycles. The number of benzene rings is 3. The zero-order valence-corrected chi connectivity index (χ0v) is 19.5. The van der Waals surface area contributed by atoms with Crippen LogP contribution in [0.2, 0.25) is 5.02 Å². The highest BCUT2D eigenvalue weighted by Crippen LogP contribution is 2.25. The van der Waals surface area contributed by atoms with Crippen molar-refractivity contribution in [3.05, 3.63) is 103 Å². The molecule has 3 aromatic carbocycles. The average Bonchev–Trinajstić information content (AvgIpc) is 2.80. The van der Waals surface area contributed by atoms with Crippen LogP contribution in [0, 0.1) is 10.1 Å². The molecule has 0 aliphatic rings. The van der Waals surface area contributed by atoms with E-state index in [1.807, 2.05) is 0 Å². The molecule has 8 nitrogen and oxygen atoms in total. The van der Waals surface area contributed by atoms with Gasteiger partial charge in [0.1, 0.15) is 11.4 Å². The maximum atomic E-state index is 12.9. The number of nitro groups is 1. The molecular formula is C23H17BrClN3O5. The minimum Gasteiger partial charge on any atom is -0.496 e. The Morgan fingerprint density at radius 1 is 1.06 bits per heavy atom. The van der Waals surface area contributed by atoms with Gasteiger partial charge in [0.25, 0.3) is 17.5 Å². The van der Waals surface area contributed by atoms with E-state index in [-0.39, 0.29) is 16.9 Å². The summed E-state index contributed by atoms with van der Waals surface area (Å²) in [7, 11) is 1.51. The van der Waals surface area contributed by atoms with Crippen LogP contribution in [0.4, 0.5) is 11.4 Å². The third-order valence-corrected chi connectivity index (χ3v) is 5.30. The van der Waals surface area contributed by atoms with E-state index in [0.29, 0.717) is 26.5 Å². The van der Waals surface area contributed by atoms with Gasteiger partial charge in [-0.25, -0.2) is 0 Å². The molecule has 10 heteroatoms. The van der Waals surface area contributed by atoms with Gasteiger partial charge >= 0.3 is 0 Å². The Morgan fingerprint density at radius 2 is 1.73 bits per heavy atom. The van der Waals surface area contributed by atoms with Crippen molar-refractivity contribution in [2.75, 3.05) is 12.4 Å². The number of hydrogen-bond acceptors (Lipinski definition) is 5. The molecule has 0 spiro atoms. The lowest BCUT2D eigenvalue weighted by Gasteiger charge is -2.12. The minimum absolute atomic E-state index is 0.0595. The summed E-state index contributed by atoms with van der Waals surface area (Å²) in [6.07, 6.45) is 1.42. The van der Waals surface area contributed by atoms with Crippen molar-refractivity contribution in [1.82, 2.24) is 5.32 Å². The number of methoxy groups -OCH3 is 1. The van der Waals surface area contributed by atoms with Crippen molar-refractivity contribution in [3.63, 3.8) is 0 Å². The Hall–Kier alpha value is -3.69. The van der Waals surface area contributed by atoms with Crippen LogP contribution in [0.1, 0.15) is 15.9 Å². The number of carbonyl (C=O) groups excluding carboxylic acids is 2. The monoisotopic (exact) mass is 529 g/mol. The molecule has 0 fully saturated rings. The predicted molar refractivity (Wildman–Crippen MR) is 129 cm³/mol. The molecule has 3 rings (SSSR count). The van der Waals surface area contributed by atoms with Crippen molar-refractivity contribution in [2.24, 2.45) is 0 Å². The molecule has 2 amide bonds. The van der Waals surface area contributed by atoms with Crippen LogP contribution in [-0.2, 0) is 4.79 Å². The van der Waals surface area contributed by atoms with Crippen LogP contribution in [0.3, 0.4) is 0 Å². The van der Waals surface area contributed by atoms with E-state index in [4.69, 9.17) is 16.3 Å². The zero-order valence-electron chi connectivity index (χ0n) is 17.2. The first kappa shape index (κ1) is 24.0. The van der Waals surface area contributed by atoms with Gasteiger partial charge in [0.2, 0.25) is 0 Å². The standard InChI is InChI=1S/C23H17BrClN3O5/c1-33-21-11-4-15(13-19(21)24)22(29)27-20(12-14-2-9-18(10-3-14)28(31)32)23(30)26-17-7-5-16(25)6-8-17/h2-13H,1H3,(H,26,30)(H,27,29). The normalized spacial score (nSPS) is 10.9. The second-order valence-corrected chi connectivity index (χ2v) is 7.96. The number of anilines is 1. The highest BCUT2D eigenvalue weighted by molar-refractivity contribution is 9.10. The van der Waals surface area contributed by atoms with Crippen LogP contribution >= 0.6 is 27.5 Å². The minimum atomic E-state index is -0.586. The summed E-state index contributed by atoms with van der Waals surface area (Å²) >= 11 is 9.21. The zero-order chi connectivity index (χ0) is 24.0. The molecule has 0 saturated carbocycles. The Kier molecular flexibility index (Phi) is 7.81. The molecule has 0 bridgehead atoms. The maximum absolute atomic E-state index is 12.9. The van der Waals surface area contributed by atoms with E-state index < -0.39 is 16.7 Å². The second kappa shape index (κ2) is 10.8. The van der Waals surface area contributed by atoms with Crippen LogP contribution in [0.5, 0.6) is 5.75 Å². The first-order valence-electron chi connectivity index (χ1n) is 9.45. The lowest BCUT2D eigenvalue weighted by Crippen LogP contribution is -2.30. The van der Waals surface area contributed by atoms with Crippen molar-refractivity contribution in [1.29, 1.82) is 0 Å². The van der Waals surface area contributed by atoms with Gasteiger partial charge in [-0.3, -0.25) is 19.7 Å². The lowest BCUT2D eigenvalue weighted by molar-refractivity contribution is -0.384. The molecular weight excluding hydrogens is 514 g/mol. The van der Waals surface area contributed by atoms with E-state index >= 15 is 0 Å². The fraction of sp³-hybridized carbons (Fsp3) is 0.0435. The number of amides is 2. The molecule has 0 atom stereocenters. The summed E-state index contributed by atoms with van der Waals surface area (Å²) in [4.78, 5) is 36.2. The summed E-state index contributed by atoms with van der Waals surface area (Å²) in [5.74, 6) is -0.567. The Bertz CT molecular complexity index is 1230. The summed E-state index contributed by atoms with van der Waals surface area (Å²) in [6.45, 7) is 0. The molecule has 0 aliphatic carbocycles. The third kappa shape index (κ3) is 6.41. The van der Waals surface area contributed by atoms with Gasteiger partial charge in [-0.15, -0.1) is 0 Å². The predicted octanol–water partition coefficient (Wildman–Crippen LogP) is 5.43.